The Bertz CT molecular complexity index is 641. The maximum absolute atomic E-state index is 12.1. The van der Waals surface area contributed by atoms with E-state index in [0.29, 0.717) is 5.56 Å². The minimum Gasteiger partial charge on any atom is -0.459 e. The smallest absolute Gasteiger partial charge is 0.338 e. The van der Waals surface area contributed by atoms with Crippen molar-refractivity contribution in [2.45, 2.75) is 26.4 Å². The van der Waals surface area contributed by atoms with Gasteiger partial charge in [-0.05, 0) is 48.6 Å². The first-order valence-corrected chi connectivity index (χ1v) is 6.58. The molecule has 1 aliphatic rings. The van der Waals surface area contributed by atoms with E-state index in [2.05, 4.69) is 18.2 Å². The first-order valence-electron chi connectivity index (χ1n) is 6.58. The Hall–Kier alpha value is -2.09. The van der Waals surface area contributed by atoms with Crippen molar-refractivity contribution in [3.63, 3.8) is 0 Å². The summed E-state index contributed by atoms with van der Waals surface area (Å²) in [6, 6.07) is 14.2. The lowest BCUT2D eigenvalue weighted by atomic mass is 10.0. The van der Waals surface area contributed by atoms with E-state index in [9.17, 15) is 4.79 Å². The number of esters is 1. The number of hydrogen-bond donors (Lipinski definition) is 0. The van der Waals surface area contributed by atoms with Crippen LogP contribution in [0.3, 0.4) is 0 Å². The third-order valence-corrected chi connectivity index (χ3v) is 3.41. The Kier molecular flexibility index (Phi) is 2.86. The van der Waals surface area contributed by atoms with Crippen molar-refractivity contribution in [3.8, 4) is 11.1 Å². The van der Waals surface area contributed by atoms with Crippen molar-refractivity contribution in [2.75, 3.05) is 0 Å². The van der Waals surface area contributed by atoms with E-state index < -0.39 is 0 Å². The molecule has 0 saturated heterocycles. The van der Waals surface area contributed by atoms with E-state index in [1.54, 1.807) is 0 Å². The standard InChI is InChI=1S/C17H16O2/c1-11(2)19-17(18)15-9-5-8-14-13-7-4-3-6-12(13)10-16(14)15/h3-9,11H,10H2,1-2H3. The van der Waals surface area contributed by atoms with Crippen molar-refractivity contribution in [2.24, 2.45) is 0 Å². The molecule has 96 valence electrons. The molecule has 2 aromatic rings. The van der Waals surface area contributed by atoms with Gasteiger partial charge in [-0.25, -0.2) is 4.79 Å². The van der Waals surface area contributed by atoms with Crippen LogP contribution in [0.15, 0.2) is 42.5 Å². The van der Waals surface area contributed by atoms with Crippen LogP contribution < -0.4 is 0 Å². The molecule has 19 heavy (non-hydrogen) atoms. The molecular weight excluding hydrogens is 236 g/mol. The predicted molar refractivity (Wildman–Crippen MR) is 75.2 cm³/mol. The molecule has 0 radical (unpaired) electrons. The van der Waals surface area contributed by atoms with Crippen LogP contribution in [0.2, 0.25) is 0 Å². The van der Waals surface area contributed by atoms with Crippen LogP contribution in [0.5, 0.6) is 0 Å². The number of rotatable bonds is 2. The predicted octanol–water partition coefficient (Wildman–Crippen LogP) is 3.82. The van der Waals surface area contributed by atoms with Gasteiger partial charge in [0.2, 0.25) is 0 Å². The Morgan fingerprint density at radius 2 is 1.79 bits per heavy atom. The van der Waals surface area contributed by atoms with Crippen molar-refractivity contribution in [3.05, 3.63) is 59.2 Å². The number of fused-ring (bicyclic) bond motifs is 3. The van der Waals surface area contributed by atoms with Gasteiger partial charge in [-0.3, -0.25) is 0 Å². The second-order valence-electron chi connectivity index (χ2n) is 5.12. The summed E-state index contributed by atoms with van der Waals surface area (Å²) in [5.74, 6) is -0.223. The maximum atomic E-state index is 12.1. The molecule has 2 nitrogen and oxygen atoms in total. The fourth-order valence-electron chi connectivity index (χ4n) is 2.63. The second kappa shape index (κ2) is 4.54. The van der Waals surface area contributed by atoms with Crippen LogP contribution in [0, 0.1) is 0 Å². The van der Waals surface area contributed by atoms with Crippen LogP contribution in [0.25, 0.3) is 11.1 Å². The Balaban J connectivity index is 2.06. The molecule has 0 atom stereocenters. The molecule has 3 rings (SSSR count). The van der Waals surface area contributed by atoms with E-state index >= 15 is 0 Å². The lowest BCUT2D eigenvalue weighted by Crippen LogP contribution is -2.13. The van der Waals surface area contributed by atoms with Gasteiger partial charge in [-0.2, -0.15) is 0 Å². The SMILES string of the molecule is CC(C)OC(=O)c1cccc2c1Cc1ccccc1-2. The van der Waals surface area contributed by atoms with Crippen LogP contribution >= 0.6 is 0 Å². The van der Waals surface area contributed by atoms with Gasteiger partial charge in [0.15, 0.2) is 0 Å². The molecule has 0 aromatic heterocycles. The number of ether oxygens (including phenoxy) is 1. The Morgan fingerprint density at radius 1 is 1.05 bits per heavy atom. The maximum Gasteiger partial charge on any atom is 0.338 e. The zero-order valence-electron chi connectivity index (χ0n) is 11.1. The summed E-state index contributed by atoms with van der Waals surface area (Å²) >= 11 is 0. The summed E-state index contributed by atoms with van der Waals surface area (Å²) < 4.78 is 5.32. The van der Waals surface area contributed by atoms with Crippen molar-refractivity contribution in [1.82, 2.24) is 0 Å². The van der Waals surface area contributed by atoms with Gasteiger partial charge in [0.1, 0.15) is 0 Å². The lowest BCUT2D eigenvalue weighted by Gasteiger charge is -2.11. The molecule has 0 spiro atoms. The number of hydrogen-bond acceptors (Lipinski definition) is 2. The van der Waals surface area contributed by atoms with Gasteiger partial charge in [0, 0.05) is 0 Å². The monoisotopic (exact) mass is 252 g/mol. The molecule has 2 aromatic carbocycles. The largest absolute Gasteiger partial charge is 0.459 e. The minimum absolute atomic E-state index is 0.0906. The number of benzene rings is 2. The molecule has 0 aliphatic heterocycles. The highest BCUT2D eigenvalue weighted by Gasteiger charge is 2.24. The highest BCUT2D eigenvalue weighted by atomic mass is 16.5. The van der Waals surface area contributed by atoms with Crippen LogP contribution in [0.4, 0.5) is 0 Å². The third-order valence-electron chi connectivity index (χ3n) is 3.41. The number of carbonyl (C=O) groups excluding carboxylic acids is 1. The van der Waals surface area contributed by atoms with Gasteiger partial charge < -0.3 is 4.74 Å². The quantitative estimate of drug-likeness (QED) is 0.648. The summed E-state index contributed by atoms with van der Waals surface area (Å²) in [4.78, 5) is 12.1. The molecule has 0 saturated carbocycles. The van der Waals surface area contributed by atoms with E-state index in [4.69, 9.17) is 4.74 Å². The van der Waals surface area contributed by atoms with Crippen LogP contribution in [-0.4, -0.2) is 12.1 Å². The molecule has 0 N–H and O–H groups in total. The zero-order valence-corrected chi connectivity index (χ0v) is 11.1. The van der Waals surface area contributed by atoms with Crippen molar-refractivity contribution >= 4 is 5.97 Å². The molecule has 0 unspecified atom stereocenters. The summed E-state index contributed by atoms with van der Waals surface area (Å²) in [6.07, 6.45) is 0.724. The highest BCUT2D eigenvalue weighted by molar-refractivity contribution is 5.95. The van der Waals surface area contributed by atoms with Crippen LogP contribution in [-0.2, 0) is 11.2 Å². The molecule has 0 heterocycles. The van der Waals surface area contributed by atoms with Gasteiger partial charge in [0.25, 0.3) is 0 Å². The zero-order chi connectivity index (χ0) is 13.4. The summed E-state index contributed by atoms with van der Waals surface area (Å²) in [7, 11) is 0. The van der Waals surface area contributed by atoms with Gasteiger partial charge in [0.05, 0.1) is 11.7 Å². The summed E-state index contributed by atoms with van der Waals surface area (Å²) in [5.41, 5.74) is 5.46. The molecule has 0 bridgehead atoms. The van der Waals surface area contributed by atoms with Crippen LogP contribution in [0.1, 0.15) is 35.3 Å². The Labute approximate surface area is 113 Å². The molecule has 1 aliphatic carbocycles. The highest BCUT2D eigenvalue weighted by Crippen LogP contribution is 2.38. The normalized spacial score (nSPS) is 12.2. The van der Waals surface area contributed by atoms with E-state index in [1.807, 2.05) is 38.1 Å². The summed E-state index contributed by atoms with van der Waals surface area (Å²) in [6.45, 7) is 3.74. The average Bonchev–Trinajstić information content (AvgIpc) is 2.76. The topological polar surface area (TPSA) is 26.3 Å². The van der Waals surface area contributed by atoms with Gasteiger partial charge >= 0.3 is 5.97 Å². The Morgan fingerprint density at radius 3 is 2.58 bits per heavy atom. The fourth-order valence-corrected chi connectivity index (χ4v) is 2.63. The first-order chi connectivity index (χ1) is 9.16. The van der Waals surface area contributed by atoms with E-state index in [0.717, 1.165) is 17.5 Å². The van der Waals surface area contributed by atoms with E-state index in [-0.39, 0.29) is 12.1 Å². The van der Waals surface area contributed by atoms with E-state index in [1.165, 1.54) is 11.1 Å². The molecule has 0 amide bonds. The second-order valence-corrected chi connectivity index (χ2v) is 5.12. The molecule has 2 heteroatoms. The molecular formula is C17H16O2. The third kappa shape index (κ3) is 2.03. The number of carbonyl (C=O) groups is 1. The average molecular weight is 252 g/mol. The fraction of sp³-hybridized carbons (Fsp3) is 0.235. The summed E-state index contributed by atoms with van der Waals surface area (Å²) in [5, 5.41) is 0. The lowest BCUT2D eigenvalue weighted by molar-refractivity contribution is 0.0377. The van der Waals surface area contributed by atoms with Gasteiger partial charge in [-0.1, -0.05) is 36.4 Å². The first kappa shape index (κ1) is 12.0. The van der Waals surface area contributed by atoms with Gasteiger partial charge in [-0.15, -0.1) is 0 Å². The van der Waals surface area contributed by atoms with Crippen molar-refractivity contribution < 1.29 is 9.53 Å². The minimum atomic E-state index is -0.223. The molecule has 0 fully saturated rings. The van der Waals surface area contributed by atoms with Crippen molar-refractivity contribution in [1.29, 1.82) is 0 Å².